The van der Waals surface area contributed by atoms with E-state index in [1.165, 1.54) is 0 Å². The lowest BCUT2D eigenvalue weighted by molar-refractivity contribution is -0.135. The number of carbonyl (C=O) groups is 1. The fourth-order valence-electron chi connectivity index (χ4n) is 3.12. The first kappa shape index (κ1) is 14.5. The standard InChI is InChI=1S/C17H23NO3/c1-2-20-14-8-12(9-14)10-16(19)18-15-11-21-17(15)13-6-4-3-5-7-13/h3-7,12,14-15,17H,2,8-11H2,1H3,(H,18,19)/t12?,14?,15-,17+/m0/s1. The molecule has 21 heavy (non-hydrogen) atoms. The first-order chi connectivity index (χ1) is 10.3. The average Bonchev–Trinajstić information content (AvgIpc) is 2.43. The minimum absolute atomic E-state index is 0.00714. The van der Waals surface area contributed by atoms with Crippen LogP contribution in [-0.4, -0.2) is 31.3 Å². The van der Waals surface area contributed by atoms with E-state index in [0.29, 0.717) is 25.0 Å². The number of ether oxygens (including phenoxy) is 2. The molecule has 0 radical (unpaired) electrons. The number of nitrogens with one attached hydrogen (secondary N) is 1. The molecule has 0 unspecified atom stereocenters. The van der Waals surface area contributed by atoms with Crippen LogP contribution in [0.2, 0.25) is 0 Å². The van der Waals surface area contributed by atoms with Crippen molar-refractivity contribution in [3.8, 4) is 0 Å². The molecule has 4 heteroatoms. The van der Waals surface area contributed by atoms with E-state index in [0.717, 1.165) is 25.0 Å². The van der Waals surface area contributed by atoms with Crippen LogP contribution in [0.1, 0.15) is 37.9 Å². The number of hydrogen-bond acceptors (Lipinski definition) is 3. The molecule has 0 spiro atoms. The van der Waals surface area contributed by atoms with E-state index in [4.69, 9.17) is 9.47 Å². The maximum Gasteiger partial charge on any atom is 0.220 e. The molecule has 1 saturated heterocycles. The van der Waals surface area contributed by atoms with Crippen molar-refractivity contribution in [2.24, 2.45) is 5.92 Å². The summed E-state index contributed by atoms with van der Waals surface area (Å²) in [5.41, 5.74) is 1.13. The van der Waals surface area contributed by atoms with Gasteiger partial charge in [0, 0.05) is 13.0 Å². The summed E-state index contributed by atoms with van der Waals surface area (Å²) < 4.78 is 11.1. The van der Waals surface area contributed by atoms with Gasteiger partial charge in [0.1, 0.15) is 6.10 Å². The molecule has 1 aromatic rings. The molecule has 1 N–H and O–H groups in total. The maximum atomic E-state index is 12.1. The summed E-state index contributed by atoms with van der Waals surface area (Å²) in [7, 11) is 0. The summed E-state index contributed by atoms with van der Waals surface area (Å²) in [5.74, 6) is 0.627. The van der Waals surface area contributed by atoms with E-state index in [9.17, 15) is 4.79 Å². The zero-order chi connectivity index (χ0) is 14.7. The molecule has 1 aromatic carbocycles. The lowest BCUT2D eigenvalue weighted by Gasteiger charge is -2.39. The monoisotopic (exact) mass is 289 g/mol. The van der Waals surface area contributed by atoms with Crippen molar-refractivity contribution in [2.75, 3.05) is 13.2 Å². The third kappa shape index (κ3) is 3.44. The Kier molecular flexibility index (Phi) is 4.56. The Morgan fingerprint density at radius 3 is 2.71 bits per heavy atom. The minimum Gasteiger partial charge on any atom is -0.378 e. The van der Waals surface area contributed by atoms with Crippen molar-refractivity contribution in [2.45, 2.75) is 44.4 Å². The Bertz CT molecular complexity index is 470. The van der Waals surface area contributed by atoms with Crippen LogP contribution in [0.15, 0.2) is 30.3 Å². The van der Waals surface area contributed by atoms with Gasteiger partial charge < -0.3 is 14.8 Å². The smallest absolute Gasteiger partial charge is 0.220 e. The first-order valence-electron chi connectivity index (χ1n) is 7.83. The summed E-state index contributed by atoms with van der Waals surface area (Å²) >= 11 is 0. The second kappa shape index (κ2) is 6.58. The number of rotatable bonds is 6. The molecule has 1 heterocycles. The van der Waals surface area contributed by atoms with E-state index in [2.05, 4.69) is 5.32 Å². The molecule has 2 aliphatic rings. The highest BCUT2D eigenvalue weighted by molar-refractivity contribution is 5.76. The molecule has 4 nitrogen and oxygen atoms in total. The van der Waals surface area contributed by atoms with Crippen molar-refractivity contribution in [1.29, 1.82) is 0 Å². The van der Waals surface area contributed by atoms with Crippen LogP contribution in [-0.2, 0) is 14.3 Å². The van der Waals surface area contributed by atoms with Gasteiger partial charge >= 0.3 is 0 Å². The predicted octanol–water partition coefficient (Wildman–Crippen LogP) is 2.45. The lowest BCUT2D eigenvalue weighted by Crippen LogP contribution is -2.51. The van der Waals surface area contributed by atoms with Gasteiger partial charge in [0.2, 0.25) is 5.91 Å². The first-order valence-corrected chi connectivity index (χ1v) is 7.83. The summed E-state index contributed by atoms with van der Waals surface area (Å²) in [6, 6.07) is 10.2. The van der Waals surface area contributed by atoms with Gasteiger partial charge in [0.05, 0.1) is 18.8 Å². The van der Waals surface area contributed by atoms with Gasteiger partial charge in [0.25, 0.3) is 0 Å². The van der Waals surface area contributed by atoms with E-state index in [1.807, 2.05) is 37.3 Å². The maximum absolute atomic E-state index is 12.1. The molecule has 2 fully saturated rings. The molecule has 114 valence electrons. The number of amides is 1. The predicted molar refractivity (Wildman–Crippen MR) is 79.8 cm³/mol. The SMILES string of the molecule is CCOC1CC(CC(=O)N[C@H]2CO[C@@H]2c2ccccc2)C1. The summed E-state index contributed by atoms with van der Waals surface area (Å²) in [4.78, 5) is 12.1. The van der Waals surface area contributed by atoms with Gasteiger partial charge in [0.15, 0.2) is 0 Å². The van der Waals surface area contributed by atoms with Gasteiger partial charge in [-0.15, -0.1) is 0 Å². The number of benzene rings is 1. The molecule has 0 aromatic heterocycles. The topological polar surface area (TPSA) is 47.6 Å². The molecule has 1 aliphatic heterocycles. The highest BCUT2D eigenvalue weighted by Gasteiger charge is 2.36. The highest BCUT2D eigenvalue weighted by Crippen LogP contribution is 2.33. The molecular weight excluding hydrogens is 266 g/mol. The van der Waals surface area contributed by atoms with Crippen LogP contribution < -0.4 is 5.32 Å². The number of carbonyl (C=O) groups excluding carboxylic acids is 1. The Hall–Kier alpha value is -1.39. The third-order valence-electron chi connectivity index (χ3n) is 4.36. The lowest BCUT2D eigenvalue weighted by atomic mass is 9.79. The van der Waals surface area contributed by atoms with Crippen LogP contribution in [0.5, 0.6) is 0 Å². The highest BCUT2D eigenvalue weighted by atomic mass is 16.5. The largest absolute Gasteiger partial charge is 0.378 e. The Labute approximate surface area is 125 Å². The van der Waals surface area contributed by atoms with Crippen molar-refractivity contribution in [3.63, 3.8) is 0 Å². The Morgan fingerprint density at radius 1 is 1.33 bits per heavy atom. The van der Waals surface area contributed by atoms with Gasteiger partial charge in [-0.3, -0.25) is 4.79 Å². The van der Waals surface area contributed by atoms with Gasteiger partial charge in [-0.2, -0.15) is 0 Å². The molecule has 1 amide bonds. The molecule has 3 rings (SSSR count). The second-order valence-corrected chi connectivity index (χ2v) is 5.96. The Balaban J connectivity index is 1.42. The van der Waals surface area contributed by atoms with Crippen molar-refractivity contribution in [3.05, 3.63) is 35.9 Å². The van der Waals surface area contributed by atoms with Crippen LogP contribution in [0, 0.1) is 5.92 Å². The zero-order valence-electron chi connectivity index (χ0n) is 12.5. The van der Waals surface area contributed by atoms with E-state index in [-0.39, 0.29) is 18.1 Å². The van der Waals surface area contributed by atoms with Crippen LogP contribution in [0.4, 0.5) is 0 Å². The van der Waals surface area contributed by atoms with E-state index >= 15 is 0 Å². The Morgan fingerprint density at radius 2 is 2.10 bits per heavy atom. The van der Waals surface area contributed by atoms with Gasteiger partial charge in [-0.05, 0) is 31.2 Å². The summed E-state index contributed by atoms with van der Waals surface area (Å²) in [6.45, 7) is 3.39. The van der Waals surface area contributed by atoms with Crippen molar-refractivity contribution < 1.29 is 14.3 Å². The quantitative estimate of drug-likeness (QED) is 0.875. The average molecular weight is 289 g/mol. The molecule has 0 bridgehead atoms. The van der Waals surface area contributed by atoms with Crippen molar-refractivity contribution in [1.82, 2.24) is 5.32 Å². The minimum atomic E-state index is 0.00714. The zero-order valence-corrected chi connectivity index (χ0v) is 12.5. The summed E-state index contributed by atoms with van der Waals surface area (Å²) in [6.07, 6.45) is 3.03. The molecule has 1 saturated carbocycles. The van der Waals surface area contributed by atoms with Gasteiger partial charge in [-0.25, -0.2) is 0 Å². The summed E-state index contributed by atoms with van der Waals surface area (Å²) in [5, 5.41) is 3.11. The van der Waals surface area contributed by atoms with Gasteiger partial charge in [-0.1, -0.05) is 30.3 Å². The normalized spacial score (nSPS) is 31.1. The fraction of sp³-hybridized carbons (Fsp3) is 0.588. The van der Waals surface area contributed by atoms with E-state index in [1.54, 1.807) is 0 Å². The fourth-order valence-corrected chi connectivity index (χ4v) is 3.12. The number of hydrogen-bond donors (Lipinski definition) is 1. The third-order valence-corrected chi connectivity index (χ3v) is 4.36. The molecular formula is C17H23NO3. The van der Waals surface area contributed by atoms with Crippen LogP contribution in [0.25, 0.3) is 0 Å². The molecule has 2 atom stereocenters. The van der Waals surface area contributed by atoms with Crippen LogP contribution in [0.3, 0.4) is 0 Å². The second-order valence-electron chi connectivity index (χ2n) is 5.96. The van der Waals surface area contributed by atoms with Crippen molar-refractivity contribution >= 4 is 5.91 Å². The molecule has 1 aliphatic carbocycles. The van der Waals surface area contributed by atoms with E-state index < -0.39 is 0 Å². The van der Waals surface area contributed by atoms with Crippen LogP contribution >= 0.6 is 0 Å².